The lowest BCUT2D eigenvalue weighted by Gasteiger charge is -2.30. The summed E-state index contributed by atoms with van der Waals surface area (Å²) in [5.74, 6) is -1.02. The fourth-order valence-corrected chi connectivity index (χ4v) is 4.59. The van der Waals surface area contributed by atoms with Gasteiger partial charge >= 0.3 is 0 Å². The molecular formula is C26H50N4O5. The summed E-state index contributed by atoms with van der Waals surface area (Å²) in [6, 6.07) is -1.29. The minimum atomic E-state index is -0.713. The zero-order valence-corrected chi connectivity index (χ0v) is 22.0. The third-order valence-electron chi connectivity index (χ3n) is 6.54. The summed E-state index contributed by atoms with van der Waals surface area (Å²) in [7, 11) is 0. The molecule has 4 unspecified atom stereocenters. The fourth-order valence-electron chi connectivity index (χ4n) is 4.59. The first-order valence-corrected chi connectivity index (χ1v) is 13.7. The molecule has 9 heteroatoms. The SMILES string of the molecule is CCCCCCCCCCC(O)CN(CCCCC1NC(=O)C(CCC(N)=O)NC1=O)CC(C)O. The summed E-state index contributed by atoms with van der Waals surface area (Å²) in [5.41, 5.74) is 5.12. The molecule has 6 N–H and O–H groups in total. The monoisotopic (exact) mass is 498 g/mol. The van der Waals surface area contributed by atoms with Crippen molar-refractivity contribution in [2.24, 2.45) is 5.73 Å². The van der Waals surface area contributed by atoms with Crippen LogP contribution in [0.4, 0.5) is 0 Å². The number of amides is 3. The molecule has 0 aromatic heterocycles. The molecule has 1 fully saturated rings. The molecule has 1 saturated heterocycles. The van der Waals surface area contributed by atoms with Crippen LogP contribution in [0.2, 0.25) is 0 Å². The van der Waals surface area contributed by atoms with Crippen LogP contribution in [-0.2, 0) is 14.4 Å². The Balaban J connectivity index is 2.27. The van der Waals surface area contributed by atoms with Crippen molar-refractivity contribution in [3.8, 4) is 0 Å². The van der Waals surface area contributed by atoms with Gasteiger partial charge in [-0.1, -0.05) is 58.3 Å². The van der Waals surface area contributed by atoms with Crippen LogP contribution in [0.3, 0.4) is 0 Å². The van der Waals surface area contributed by atoms with Gasteiger partial charge in [-0.3, -0.25) is 19.3 Å². The van der Waals surface area contributed by atoms with E-state index in [2.05, 4.69) is 22.5 Å². The van der Waals surface area contributed by atoms with Crippen LogP contribution >= 0.6 is 0 Å². The Morgan fingerprint density at radius 2 is 1.46 bits per heavy atom. The minimum Gasteiger partial charge on any atom is -0.392 e. The van der Waals surface area contributed by atoms with Crippen molar-refractivity contribution >= 4 is 17.7 Å². The van der Waals surface area contributed by atoms with E-state index in [1.54, 1.807) is 6.92 Å². The van der Waals surface area contributed by atoms with E-state index in [4.69, 9.17) is 5.73 Å². The van der Waals surface area contributed by atoms with E-state index in [0.29, 0.717) is 26.1 Å². The topological polar surface area (TPSA) is 145 Å². The van der Waals surface area contributed by atoms with Gasteiger partial charge in [0.1, 0.15) is 12.1 Å². The molecule has 9 nitrogen and oxygen atoms in total. The second-order valence-corrected chi connectivity index (χ2v) is 10.1. The lowest BCUT2D eigenvalue weighted by Crippen LogP contribution is -2.61. The average Bonchev–Trinajstić information content (AvgIpc) is 2.78. The van der Waals surface area contributed by atoms with Crippen molar-refractivity contribution in [1.82, 2.24) is 15.5 Å². The van der Waals surface area contributed by atoms with E-state index in [9.17, 15) is 24.6 Å². The normalized spacial score (nSPS) is 19.9. The number of piperazine rings is 1. The number of hydrogen-bond acceptors (Lipinski definition) is 6. The molecule has 0 spiro atoms. The number of carbonyl (C=O) groups is 3. The highest BCUT2D eigenvalue weighted by molar-refractivity contribution is 5.97. The summed E-state index contributed by atoms with van der Waals surface area (Å²) in [5, 5.41) is 25.7. The first kappa shape index (κ1) is 31.3. The highest BCUT2D eigenvalue weighted by Gasteiger charge is 2.33. The molecule has 204 valence electrons. The third kappa shape index (κ3) is 15.1. The van der Waals surface area contributed by atoms with Gasteiger partial charge in [0.2, 0.25) is 17.7 Å². The van der Waals surface area contributed by atoms with E-state index >= 15 is 0 Å². The smallest absolute Gasteiger partial charge is 0.243 e. The fraction of sp³-hybridized carbons (Fsp3) is 0.885. The predicted octanol–water partition coefficient (Wildman–Crippen LogP) is 1.98. The van der Waals surface area contributed by atoms with Crippen molar-refractivity contribution in [3.63, 3.8) is 0 Å². The summed E-state index contributed by atoms with van der Waals surface area (Å²) in [4.78, 5) is 37.5. The summed E-state index contributed by atoms with van der Waals surface area (Å²) in [6.07, 6.45) is 12.1. The second kappa shape index (κ2) is 18.5. The number of nitrogens with zero attached hydrogens (tertiary/aromatic N) is 1. The Kier molecular flexibility index (Phi) is 16.6. The van der Waals surface area contributed by atoms with Crippen LogP contribution < -0.4 is 16.4 Å². The molecule has 0 bridgehead atoms. The van der Waals surface area contributed by atoms with Gasteiger partial charge in [0.25, 0.3) is 0 Å². The molecule has 3 amide bonds. The number of nitrogens with one attached hydrogen (secondary N) is 2. The molecule has 4 atom stereocenters. The Morgan fingerprint density at radius 1 is 0.886 bits per heavy atom. The van der Waals surface area contributed by atoms with Crippen molar-refractivity contribution in [2.75, 3.05) is 19.6 Å². The van der Waals surface area contributed by atoms with E-state index in [0.717, 1.165) is 32.1 Å². The number of primary amides is 1. The summed E-state index contributed by atoms with van der Waals surface area (Å²) in [6.45, 7) is 5.71. The summed E-state index contributed by atoms with van der Waals surface area (Å²) >= 11 is 0. The average molecular weight is 499 g/mol. The molecule has 1 aliphatic heterocycles. The molecule has 0 radical (unpaired) electrons. The van der Waals surface area contributed by atoms with Crippen molar-refractivity contribution < 1.29 is 24.6 Å². The standard InChI is InChI=1S/C26H50N4O5/c1-3-4-5-6-7-8-9-10-13-21(32)19-30(18-20(2)31)17-12-11-14-22-25(34)29-23(26(35)28-22)15-16-24(27)33/h20-23,31-32H,3-19H2,1-2H3,(H2,27,33)(H,28,35)(H,29,34). The van der Waals surface area contributed by atoms with Crippen LogP contribution in [0.15, 0.2) is 0 Å². The van der Waals surface area contributed by atoms with Gasteiger partial charge in [0.05, 0.1) is 12.2 Å². The molecule has 1 heterocycles. The Bertz CT molecular complexity index is 617. The minimum absolute atomic E-state index is 0.0487. The maximum absolute atomic E-state index is 12.3. The number of carbonyl (C=O) groups excluding carboxylic acids is 3. The van der Waals surface area contributed by atoms with E-state index < -0.39 is 30.2 Å². The van der Waals surface area contributed by atoms with Crippen LogP contribution in [-0.4, -0.2) is 76.8 Å². The number of nitrogens with two attached hydrogens (primary N) is 1. The number of aliphatic hydroxyl groups is 2. The van der Waals surface area contributed by atoms with Crippen LogP contribution in [0, 0.1) is 0 Å². The highest BCUT2D eigenvalue weighted by Crippen LogP contribution is 2.13. The molecular weight excluding hydrogens is 448 g/mol. The lowest BCUT2D eigenvalue weighted by molar-refractivity contribution is -0.137. The largest absolute Gasteiger partial charge is 0.392 e. The number of hydrogen-bond donors (Lipinski definition) is 5. The van der Waals surface area contributed by atoms with Crippen molar-refractivity contribution in [1.29, 1.82) is 0 Å². The van der Waals surface area contributed by atoms with Crippen molar-refractivity contribution in [2.45, 2.75) is 128 Å². The molecule has 0 aliphatic carbocycles. The molecule has 0 aromatic rings. The van der Waals surface area contributed by atoms with Gasteiger partial charge in [-0.05, 0) is 45.6 Å². The molecule has 1 aliphatic rings. The maximum Gasteiger partial charge on any atom is 0.243 e. The van der Waals surface area contributed by atoms with Crippen LogP contribution in [0.5, 0.6) is 0 Å². The third-order valence-corrected chi connectivity index (χ3v) is 6.54. The van der Waals surface area contributed by atoms with Gasteiger partial charge in [-0.15, -0.1) is 0 Å². The first-order chi connectivity index (χ1) is 16.7. The van der Waals surface area contributed by atoms with Gasteiger partial charge in [0.15, 0.2) is 0 Å². The van der Waals surface area contributed by atoms with Gasteiger partial charge in [-0.2, -0.15) is 0 Å². The second-order valence-electron chi connectivity index (χ2n) is 10.1. The molecule has 1 rings (SSSR count). The maximum atomic E-state index is 12.3. The Hall–Kier alpha value is -1.71. The van der Waals surface area contributed by atoms with Crippen LogP contribution in [0.1, 0.15) is 104 Å². The summed E-state index contributed by atoms with van der Waals surface area (Å²) < 4.78 is 0. The van der Waals surface area contributed by atoms with E-state index in [1.807, 2.05) is 0 Å². The number of rotatable bonds is 21. The van der Waals surface area contributed by atoms with E-state index in [1.165, 1.54) is 38.5 Å². The zero-order valence-electron chi connectivity index (χ0n) is 22.0. The zero-order chi connectivity index (χ0) is 26.1. The van der Waals surface area contributed by atoms with Gasteiger partial charge in [0, 0.05) is 19.5 Å². The highest BCUT2D eigenvalue weighted by atomic mass is 16.3. The number of unbranched alkanes of at least 4 members (excludes halogenated alkanes) is 8. The first-order valence-electron chi connectivity index (χ1n) is 13.7. The quantitative estimate of drug-likeness (QED) is 0.153. The van der Waals surface area contributed by atoms with Gasteiger partial charge in [-0.25, -0.2) is 0 Å². The molecule has 35 heavy (non-hydrogen) atoms. The molecule has 0 saturated carbocycles. The predicted molar refractivity (Wildman–Crippen MR) is 137 cm³/mol. The number of aliphatic hydroxyl groups excluding tert-OH is 2. The van der Waals surface area contributed by atoms with E-state index in [-0.39, 0.29) is 24.7 Å². The van der Waals surface area contributed by atoms with Crippen molar-refractivity contribution in [3.05, 3.63) is 0 Å². The Morgan fingerprint density at radius 3 is 2.03 bits per heavy atom. The van der Waals surface area contributed by atoms with Crippen LogP contribution in [0.25, 0.3) is 0 Å². The lowest BCUT2D eigenvalue weighted by atomic mass is 10.0. The molecule has 0 aromatic carbocycles. The van der Waals surface area contributed by atoms with Gasteiger partial charge < -0.3 is 26.6 Å². The Labute approximate surface area is 211 Å².